The number of hydrogen-bond acceptors (Lipinski definition) is 4. The van der Waals surface area contributed by atoms with Crippen molar-refractivity contribution in [3.8, 4) is 0 Å². The summed E-state index contributed by atoms with van der Waals surface area (Å²) >= 11 is 0. The lowest BCUT2D eigenvalue weighted by Crippen LogP contribution is -2.41. The van der Waals surface area contributed by atoms with Crippen LogP contribution in [0, 0.1) is 0 Å². The van der Waals surface area contributed by atoms with Gasteiger partial charge in [0.25, 0.3) is 0 Å². The van der Waals surface area contributed by atoms with Crippen molar-refractivity contribution in [3.05, 3.63) is 35.9 Å². The topological polar surface area (TPSA) is 76.7 Å². The first-order valence-electron chi connectivity index (χ1n) is 6.79. The SMILES string of the molecule is COCCNC(=O)C(C(=O)NCCOC)c1ccccc1. The van der Waals surface area contributed by atoms with Crippen molar-refractivity contribution in [1.29, 1.82) is 0 Å². The average molecular weight is 294 g/mol. The second kappa shape index (κ2) is 9.90. The third-order valence-corrected chi connectivity index (χ3v) is 2.87. The largest absolute Gasteiger partial charge is 0.383 e. The van der Waals surface area contributed by atoms with Gasteiger partial charge in [0.1, 0.15) is 5.92 Å². The Labute approximate surface area is 124 Å². The molecule has 0 aliphatic heterocycles. The summed E-state index contributed by atoms with van der Waals surface area (Å²) < 4.78 is 9.77. The van der Waals surface area contributed by atoms with Crippen molar-refractivity contribution in [3.63, 3.8) is 0 Å². The number of ether oxygens (including phenoxy) is 2. The van der Waals surface area contributed by atoms with E-state index in [1.165, 1.54) is 0 Å². The van der Waals surface area contributed by atoms with Crippen molar-refractivity contribution in [2.24, 2.45) is 0 Å². The Hall–Kier alpha value is -1.92. The molecule has 0 radical (unpaired) electrons. The molecule has 6 nitrogen and oxygen atoms in total. The minimum absolute atomic E-state index is 0.340. The Kier molecular flexibility index (Phi) is 8.08. The van der Waals surface area contributed by atoms with Crippen LogP contribution in [0.15, 0.2) is 30.3 Å². The minimum Gasteiger partial charge on any atom is -0.383 e. The van der Waals surface area contributed by atoms with Gasteiger partial charge in [-0.1, -0.05) is 30.3 Å². The lowest BCUT2D eigenvalue weighted by Gasteiger charge is -2.17. The van der Waals surface area contributed by atoms with Crippen LogP contribution in [0.1, 0.15) is 11.5 Å². The van der Waals surface area contributed by atoms with Gasteiger partial charge in [0, 0.05) is 27.3 Å². The highest BCUT2D eigenvalue weighted by atomic mass is 16.5. The molecular weight excluding hydrogens is 272 g/mol. The summed E-state index contributed by atoms with van der Waals surface area (Å²) in [6.07, 6.45) is 0. The smallest absolute Gasteiger partial charge is 0.237 e. The van der Waals surface area contributed by atoms with Crippen LogP contribution in [0.3, 0.4) is 0 Å². The maximum atomic E-state index is 12.2. The van der Waals surface area contributed by atoms with Gasteiger partial charge in [0.15, 0.2) is 0 Å². The average Bonchev–Trinajstić information content (AvgIpc) is 2.49. The molecule has 0 saturated carbocycles. The summed E-state index contributed by atoms with van der Waals surface area (Å²) in [5, 5.41) is 5.39. The van der Waals surface area contributed by atoms with Gasteiger partial charge in [-0.05, 0) is 5.56 Å². The van der Waals surface area contributed by atoms with Gasteiger partial charge in [-0.15, -0.1) is 0 Å². The van der Waals surface area contributed by atoms with E-state index in [0.29, 0.717) is 31.9 Å². The zero-order valence-corrected chi connectivity index (χ0v) is 12.4. The molecule has 1 rings (SSSR count). The van der Waals surface area contributed by atoms with E-state index in [-0.39, 0.29) is 11.8 Å². The second-order valence-electron chi connectivity index (χ2n) is 4.41. The van der Waals surface area contributed by atoms with E-state index in [9.17, 15) is 9.59 Å². The Balaban J connectivity index is 2.75. The number of rotatable bonds is 9. The number of carbonyl (C=O) groups is 2. The van der Waals surface area contributed by atoms with Crippen LogP contribution in [-0.2, 0) is 19.1 Å². The molecule has 0 unspecified atom stereocenters. The number of nitrogens with one attached hydrogen (secondary N) is 2. The highest BCUT2D eigenvalue weighted by molar-refractivity contribution is 6.05. The zero-order chi connectivity index (χ0) is 15.5. The van der Waals surface area contributed by atoms with Crippen LogP contribution in [0.25, 0.3) is 0 Å². The van der Waals surface area contributed by atoms with E-state index in [4.69, 9.17) is 9.47 Å². The molecule has 0 aliphatic rings. The van der Waals surface area contributed by atoms with Crippen molar-refractivity contribution >= 4 is 11.8 Å². The molecule has 21 heavy (non-hydrogen) atoms. The molecule has 0 saturated heterocycles. The molecule has 0 atom stereocenters. The molecule has 1 aromatic rings. The van der Waals surface area contributed by atoms with Gasteiger partial charge in [0.05, 0.1) is 13.2 Å². The van der Waals surface area contributed by atoms with Crippen LogP contribution in [0.4, 0.5) is 0 Å². The van der Waals surface area contributed by atoms with E-state index in [0.717, 1.165) is 0 Å². The maximum Gasteiger partial charge on any atom is 0.237 e. The van der Waals surface area contributed by atoms with Crippen LogP contribution in [-0.4, -0.2) is 52.3 Å². The van der Waals surface area contributed by atoms with E-state index in [1.807, 2.05) is 6.07 Å². The van der Waals surface area contributed by atoms with E-state index < -0.39 is 5.92 Å². The summed E-state index contributed by atoms with van der Waals surface area (Å²) in [5.41, 5.74) is 0.655. The number of methoxy groups -OCH3 is 2. The molecule has 2 amide bonds. The first kappa shape index (κ1) is 17.1. The zero-order valence-electron chi connectivity index (χ0n) is 12.4. The van der Waals surface area contributed by atoms with Gasteiger partial charge in [-0.3, -0.25) is 9.59 Å². The predicted octanol–water partition coefficient (Wildman–Crippen LogP) is 0.295. The quantitative estimate of drug-likeness (QED) is 0.507. The van der Waals surface area contributed by atoms with Gasteiger partial charge in [-0.2, -0.15) is 0 Å². The fourth-order valence-electron chi connectivity index (χ4n) is 1.82. The molecule has 0 aliphatic carbocycles. The Bertz CT molecular complexity index is 415. The molecule has 0 fully saturated rings. The molecule has 0 bridgehead atoms. The highest BCUT2D eigenvalue weighted by Crippen LogP contribution is 2.16. The van der Waals surface area contributed by atoms with Gasteiger partial charge in [-0.25, -0.2) is 0 Å². The maximum absolute atomic E-state index is 12.2. The lowest BCUT2D eigenvalue weighted by molar-refractivity contribution is -0.131. The normalized spacial score (nSPS) is 10.4. The molecule has 116 valence electrons. The number of amides is 2. The highest BCUT2D eigenvalue weighted by Gasteiger charge is 2.27. The molecule has 2 N–H and O–H groups in total. The van der Waals surface area contributed by atoms with Crippen LogP contribution in [0.2, 0.25) is 0 Å². The molecule has 1 aromatic carbocycles. The fraction of sp³-hybridized carbons (Fsp3) is 0.467. The lowest BCUT2D eigenvalue weighted by atomic mass is 9.97. The molecule has 0 aromatic heterocycles. The summed E-state index contributed by atoms with van der Waals surface area (Å²) in [4.78, 5) is 24.5. The number of benzene rings is 1. The number of carbonyl (C=O) groups excluding carboxylic acids is 2. The first-order valence-corrected chi connectivity index (χ1v) is 6.79. The Morgan fingerprint density at radius 3 is 1.86 bits per heavy atom. The fourth-order valence-corrected chi connectivity index (χ4v) is 1.82. The summed E-state index contributed by atoms with van der Waals surface area (Å²) in [7, 11) is 3.11. The van der Waals surface area contributed by atoms with Crippen LogP contribution < -0.4 is 10.6 Å². The molecule has 6 heteroatoms. The first-order chi connectivity index (χ1) is 10.2. The van der Waals surface area contributed by atoms with Crippen molar-refractivity contribution < 1.29 is 19.1 Å². The van der Waals surface area contributed by atoms with Gasteiger partial charge >= 0.3 is 0 Å². The summed E-state index contributed by atoms with van der Waals surface area (Å²) in [6.45, 7) is 1.53. The monoisotopic (exact) mass is 294 g/mol. The van der Waals surface area contributed by atoms with Crippen molar-refractivity contribution in [2.75, 3.05) is 40.5 Å². The van der Waals surface area contributed by atoms with Gasteiger partial charge < -0.3 is 20.1 Å². The number of hydrogen-bond donors (Lipinski definition) is 2. The van der Waals surface area contributed by atoms with E-state index in [2.05, 4.69) is 10.6 Å². The second-order valence-corrected chi connectivity index (χ2v) is 4.41. The molecular formula is C15H22N2O4. The predicted molar refractivity (Wildman–Crippen MR) is 79.0 cm³/mol. The third kappa shape index (κ3) is 5.93. The standard InChI is InChI=1S/C15H22N2O4/c1-20-10-8-16-14(18)13(12-6-4-3-5-7-12)15(19)17-9-11-21-2/h3-7,13H,8-11H2,1-2H3,(H,16,18)(H,17,19). The Morgan fingerprint density at radius 2 is 1.43 bits per heavy atom. The van der Waals surface area contributed by atoms with E-state index >= 15 is 0 Å². The van der Waals surface area contributed by atoms with Crippen molar-refractivity contribution in [2.45, 2.75) is 5.92 Å². The van der Waals surface area contributed by atoms with Gasteiger partial charge in [0.2, 0.25) is 11.8 Å². The van der Waals surface area contributed by atoms with Crippen LogP contribution in [0.5, 0.6) is 0 Å². The summed E-state index contributed by atoms with van der Waals surface area (Å²) in [5.74, 6) is -1.55. The minimum atomic E-state index is -0.875. The molecule has 0 heterocycles. The van der Waals surface area contributed by atoms with E-state index in [1.54, 1.807) is 38.5 Å². The summed E-state index contributed by atoms with van der Waals surface area (Å²) in [6, 6.07) is 8.96. The van der Waals surface area contributed by atoms with Crippen molar-refractivity contribution in [1.82, 2.24) is 10.6 Å². The Morgan fingerprint density at radius 1 is 0.952 bits per heavy atom. The molecule has 0 spiro atoms. The third-order valence-electron chi connectivity index (χ3n) is 2.87. The van der Waals surface area contributed by atoms with Crippen LogP contribution >= 0.6 is 0 Å².